The number of halogens is 1. The van der Waals surface area contributed by atoms with E-state index in [1.165, 1.54) is 4.90 Å². The molecule has 0 aliphatic rings. The number of amides is 3. The largest absolute Gasteiger partial charge is 0.459 e. The van der Waals surface area contributed by atoms with Crippen LogP contribution in [0.25, 0.3) is 0 Å². The van der Waals surface area contributed by atoms with E-state index in [4.69, 9.17) is 4.74 Å². The van der Waals surface area contributed by atoms with Gasteiger partial charge in [0.25, 0.3) is 0 Å². The van der Waals surface area contributed by atoms with Crippen LogP contribution < -0.4 is 10.6 Å². The van der Waals surface area contributed by atoms with Crippen molar-refractivity contribution in [1.29, 1.82) is 0 Å². The monoisotopic (exact) mass is 469 g/mol. The molecule has 0 saturated heterocycles. The van der Waals surface area contributed by atoms with Crippen molar-refractivity contribution in [3.05, 3.63) is 28.7 Å². The maximum atomic E-state index is 13.0. The molecular weight excluding hydrogens is 438 g/mol. The van der Waals surface area contributed by atoms with Gasteiger partial charge in [-0.05, 0) is 64.3 Å². The van der Waals surface area contributed by atoms with Gasteiger partial charge in [-0.15, -0.1) is 0 Å². The van der Waals surface area contributed by atoms with Gasteiger partial charge in [0.2, 0.25) is 5.91 Å². The second-order valence-corrected chi connectivity index (χ2v) is 9.14. The summed E-state index contributed by atoms with van der Waals surface area (Å²) in [6.07, 6.45) is 0.456. The van der Waals surface area contributed by atoms with Gasteiger partial charge in [-0.3, -0.25) is 9.59 Å². The van der Waals surface area contributed by atoms with Gasteiger partial charge < -0.3 is 20.3 Å². The molecule has 0 heterocycles. The quantitative estimate of drug-likeness (QED) is 0.559. The molecule has 0 aliphatic heterocycles. The van der Waals surface area contributed by atoms with Crippen LogP contribution in [-0.4, -0.2) is 47.5 Å². The molecule has 29 heavy (non-hydrogen) atoms. The molecule has 0 fully saturated rings. The van der Waals surface area contributed by atoms with Crippen LogP contribution in [-0.2, 0) is 14.3 Å². The van der Waals surface area contributed by atoms with E-state index in [2.05, 4.69) is 26.6 Å². The average molecular weight is 470 g/mol. The molecule has 0 aromatic heterocycles. The first-order valence-electron chi connectivity index (χ1n) is 9.75. The molecule has 7 nitrogen and oxygen atoms in total. The van der Waals surface area contributed by atoms with Crippen molar-refractivity contribution in [2.75, 3.05) is 18.4 Å². The lowest BCUT2D eigenvalue weighted by atomic mass is 10.0. The lowest BCUT2D eigenvalue weighted by Gasteiger charge is -2.28. The van der Waals surface area contributed by atoms with E-state index in [0.717, 1.165) is 4.47 Å². The molecule has 1 aromatic carbocycles. The number of hydrogen-bond donors (Lipinski definition) is 2. The van der Waals surface area contributed by atoms with Crippen LogP contribution in [0.5, 0.6) is 0 Å². The van der Waals surface area contributed by atoms with Crippen molar-refractivity contribution in [3.8, 4) is 0 Å². The summed E-state index contributed by atoms with van der Waals surface area (Å²) in [6, 6.07) is 5.92. The summed E-state index contributed by atoms with van der Waals surface area (Å²) in [6.45, 7) is 11.2. The number of rotatable bonds is 8. The molecule has 0 saturated carbocycles. The van der Waals surface area contributed by atoms with Crippen LogP contribution >= 0.6 is 15.9 Å². The van der Waals surface area contributed by atoms with Crippen molar-refractivity contribution < 1.29 is 19.1 Å². The zero-order chi connectivity index (χ0) is 22.2. The number of likely N-dealkylation sites (N-methyl/N-ethyl adjacent to an activating group) is 1. The summed E-state index contributed by atoms with van der Waals surface area (Å²) in [4.78, 5) is 39.0. The highest BCUT2D eigenvalue weighted by Crippen LogP contribution is 2.15. The summed E-state index contributed by atoms with van der Waals surface area (Å²) in [5, 5.41) is 5.47. The van der Waals surface area contributed by atoms with Crippen molar-refractivity contribution in [3.63, 3.8) is 0 Å². The van der Waals surface area contributed by atoms with E-state index in [-0.39, 0.29) is 18.4 Å². The van der Waals surface area contributed by atoms with E-state index in [1.807, 2.05) is 26.0 Å². The maximum Gasteiger partial charge on any atom is 0.326 e. The van der Waals surface area contributed by atoms with Crippen molar-refractivity contribution in [2.24, 2.45) is 5.92 Å². The van der Waals surface area contributed by atoms with Gasteiger partial charge in [0, 0.05) is 16.7 Å². The topological polar surface area (TPSA) is 87.7 Å². The Bertz CT molecular complexity index is 699. The Kier molecular flexibility index (Phi) is 9.62. The Morgan fingerprint density at radius 3 is 2.21 bits per heavy atom. The number of urea groups is 1. The summed E-state index contributed by atoms with van der Waals surface area (Å²) < 4.78 is 6.21. The zero-order valence-corrected chi connectivity index (χ0v) is 19.6. The van der Waals surface area contributed by atoms with Crippen LogP contribution in [0.1, 0.15) is 48.0 Å². The minimum atomic E-state index is -0.743. The average Bonchev–Trinajstić information content (AvgIpc) is 2.58. The minimum absolute atomic E-state index is 0.156. The molecule has 0 spiro atoms. The lowest BCUT2D eigenvalue weighted by Crippen LogP contribution is -2.51. The van der Waals surface area contributed by atoms with Gasteiger partial charge in [0.05, 0.1) is 0 Å². The van der Waals surface area contributed by atoms with Crippen molar-refractivity contribution >= 4 is 39.5 Å². The predicted octanol–water partition coefficient (Wildman–Crippen LogP) is 4.18. The number of nitrogens with one attached hydrogen (secondary N) is 2. The lowest BCUT2D eigenvalue weighted by molar-refractivity contribution is -0.159. The molecular formula is C21H32BrN3O4. The van der Waals surface area contributed by atoms with Gasteiger partial charge in [0.15, 0.2) is 0 Å². The Morgan fingerprint density at radius 1 is 1.14 bits per heavy atom. The van der Waals surface area contributed by atoms with E-state index >= 15 is 0 Å². The van der Waals surface area contributed by atoms with E-state index in [0.29, 0.717) is 18.7 Å². The van der Waals surface area contributed by atoms with Gasteiger partial charge in [-0.1, -0.05) is 29.8 Å². The number of ether oxygens (including phenoxy) is 1. The summed E-state index contributed by atoms with van der Waals surface area (Å²) in [5.41, 5.74) is -0.0118. The molecule has 1 rings (SSSR count). The number of anilines is 1. The molecule has 0 unspecified atom stereocenters. The Labute approximate surface area is 181 Å². The molecule has 1 atom stereocenters. The van der Waals surface area contributed by atoms with Crippen molar-refractivity contribution in [1.82, 2.24) is 10.2 Å². The highest BCUT2D eigenvalue weighted by atomic mass is 79.9. The highest BCUT2D eigenvalue weighted by Gasteiger charge is 2.28. The van der Waals surface area contributed by atoms with Crippen molar-refractivity contribution in [2.45, 2.75) is 59.6 Å². The van der Waals surface area contributed by atoms with Crippen LogP contribution in [0.2, 0.25) is 0 Å². The first-order chi connectivity index (χ1) is 13.4. The number of hydrogen-bond acceptors (Lipinski definition) is 4. The first-order valence-corrected chi connectivity index (χ1v) is 10.5. The molecule has 3 amide bonds. The summed E-state index contributed by atoms with van der Waals surface area (Å²) in [7, 11) is 0. The third-order valence-corrected chi connectivity index (χ3v) is 4.37. The van der Waals surface area contributed by atoms with Gasteiger partial charge in [0.1, 0.15) is 18.2 Å². The van der Waals surface area contributed by atoms with E-state index in [9.17, 15) is 14.4 Å². The second-order valence-electron chi connectivity index (χ2n) is 8.23. The number of esters is 1. The first kappa shape index (κ1) is 24.9. The molecule has 2 N–H and O–H groups in total. The fourth-order valence-corrected chi connectivity index (χ4v) is 2.91. The van der Waals surface area contributed by atoms with Gasteiger partial charge >= 0.3 is 12.0 Å². The SMILES string of the molecule is CCN(CC(=O)OC(C)(C)C)C(=O)[C@H](CC(C)C)NC(=O)Nc1ccc(Br)cc1. The zero-order valence-electron chi connectivity index (χ0n) is 18.0. The number of carbonyl (C=O) groups excluding carboxylic acids is 3. The Balaban J connectivity index is 2.82. The number of carbonyl (C=O) groups is 3. The Hall–Kier alpha value is -2.09. The normalized spacial score (nSPS) is 12.3. The number of nitrogens with zero attached hydrogens (tertiary/aromatic N) is 1. The third kappa shape index (κ3) is 9.78. The minimum Gasteiger partial charge on any atom is -0.459 e. The third-order valence-electron chi connectivity index (χ3n) is 3.85. The molecule has 0 bridgehead atoms. The van der Waals surface area contributed by atoms with Crippen LogP contribution in [0.3, 0.4) is 0 Å². The van der Waals surface area contributed by atoms with Gasteiger partial charge in [-0.25, -0.2) is 4.79 Å². The van der Waals surface area contributed by atoms with E-state index in [1.54, 1.807) is 39.8 Å². The fourth-order valence-electron chi connectivity index (χ4n) is 2.65. The number of benzene rings is 1. The Morgan fingerprint density at radius 2 is 1.72 bits per heavy atom. The van der Waals surface area contributed by atoms with Crippen LogP contribution in [0.15, 0.2) is 28.7 Å². The predicted molar refractivity (Wildman–Crippen MR) is 118 cm³/mol. The second kappa shape index (κ2) is 11.2. The van der Waals surface area contributed by atoms with Crippen LogP contribution in [0.4, 0.5) is 10.5 Å². The molecule has 0 aliphatic carbocycles. The maximum absolute atomic E-state index is 13.0. The van der Waals surface area contributed by atoms with Crippen LogP contribution in [0, 0.1) is 5.92 Å². The molecule has 0 radical (unpaired) electrons. The van der Waals surface area contributed by atoms with E-state index < -0.39 is 23.6 Å². The molecule has 8 heteroatoms. The standard InChI is InChI=1S/C21H32BrN3O4/c1-7-25(13-18(26)29-21(4,5)6)19(27)17(12-14(2)3)24-20(28)23-16-10-8-15(22)9-11-16/h8-11,14,17H,7,12-13H2,1-6H3,(H2,23,24,28)/t17-/m0/s1. The summed E-state index contributed by atoms with van der Waals surface area (Å²) in [5.74, 6) is -0.606. The fraction of sp³-hybridized carbons (Fsp3) is 0.571. The molecule has 1 aromatic rings. The smallest absolute Gasteiger partial charge is 0.326 e. The highest BCUT2D eigenvalue weighted by molar-refractivity contribution is 9.10. The molecule has 162 valence electrons. The van der Waals surface area contributed by atoms with Gasteiger partial charge in [-0.2, -0.15) is 0 Å². The summed E-state index contributed by atoms with van der Waals surface area (Å²) >= 11 is 3.34.